The van der Waals surface area contributed by atoms with Gasteiger partial charge in [-0.25, -0.2) is 8.42 Å². The number of hydrogen-bond acceptors (Lipinski definition) is 5. The fourth-order valence-electron chi connectivity index (χ4n) is 4.60. The quantitative estimate of drug-likeness (QED) is 0.708. The number of rotatable bonds is 5. The van der Waals surface area contributed by atoms with Crippen LogP contribution < -0.4 is 10.1 Å². The molecule has 10 heteroatoms. The third kappa shape index (κ3) is 5.33. The third-order valence-electron chi connectivity index (χ3n) is 6.17. The molecule has 1 aliphatic carbocycles. The first-order chi connectivity index (χ1) is 15.5. The molecule has 2 aliphatic rings. The number of likely N-dealkylation sites (tertiary alicyclic amines) is 1. The van der Waals surface area contributed by atoms with Crippen LogP contribution in [-0.4, -0.2) is 56.8 Å². The van der Waals surface area contributed by atoms with Crippen molar-refractivity contribution in [3.63, 3.8) is 0 Å². The van der Waals surface area contributed by atoms with Crippen LogP contribution in [0, 0.1) is 0 Å². The van der Waals surface area contributed by atoms with E-state index in [0.717, 1.165) is 17.4 Å². The summed E-state index contributed by atoms with van der Waals surface area (Å²) in [6, 6.07) is 13.3. The first-order valence-corrected chi connectivity index (χ1v) is 12.6. The van der Waals surface area contributed by atoms with Gasteiger partial charge in [-0.2, -0.15) is 13.2 Å². The van der Waals surface area contributed by atoms with Gasteiger partial charge in [0.25, 0.3) is 0 Å². The molecule has 1 N–H and O–H groups in total. The summed E-state index contributed by atoms with van der Waals surface area (Å²) >= 11 is 0. The molecular formula is C23H25F3N2O4S. The van der Waals surface area contributed by atoms with Crippen molar-refractivity contribution >= 4 is 15.7 Å². The highest BCUT2D eigenvalue weighted by Crippen LogP contribution is 2.39. The largest absolute Gasteiger partial charge is 0.484 e. The number of ether oxygens (including phenoxy) is 1. The van der Waals surface area contributed by atoms with Gasteiger partial charge in [0.15, 0.2) is 9.84 Å². The summed E-state index contributed by atoms with van der Waals surface area (Å²) in [5.74, 6) is -1.41. The fraction of sp³-hybridized carbons (Fsp3) is 0.435. The van der Waals surface area contributed by atoms with E-state index in [0.29, 0.717) is 38.1 Å². The van der Waals surface area contributed by atoms with Gasteiger partial charge in [-0.15, -0.1) is 0 Å². The average Bonchev–Trinajstić information content (AvgIpc) is 3.11. The highest BCUT2D eigenvalue weighted by molar-refractivity contribution is 7.90. The molecule has 3 atom stereocenters. The predicted octanol–water partition coefficient (Wildman–Crippen LogP) is 3.28. The van der Waals surface area contributed by atoms with Crippen LogP contribution in [0.4, 0.5) is 13.2 Å². The van der Waals surface area contributed by atoms with E-state index < -0.39 is 28.0 Å². The van der Waals surface area contributed by atoms with E-state index in [1.807, 2.05) is 24.3 Å². The van der Waals surface area contributed by atoms with Crippen molar-refractivity contribution in [1.82, 2.24) is 10.2 Å². The summed E-state index contributed by atoms with van der Waals surface area (Å²) < 4.78 is 67.9. The van der Waals surface area contributed by atoms with Gasteiger partial charge < -0.3 is 10.1 Å². The van der Waals surface area contributed by atoms with Crippen LogP contribution in [0.3, 0.4) is 0 Å². The third-order valence-corrected chi connectivity index (χ3v) is 7.30. The van der Waals surface area contributed by atoms with Crippen LogP contribution in [0.1, 0.15) is 30.1 Å². The Balaban J connectivity index is 1.54. The van der Waals surface area contributed by atoms with Gasteiger partial charge in [-0.1, -0.05) is 24.3 Å². The van der Waals surface area contributed by atoms with Gasteiger partial charge >= 0.3 is 12.1 Å². The number of carbonyl (C=O) groups is 1. The van der Waals surface area contributed by atoms with Gasteiger partial charge in [0.1, 0.15) is 11.9 Å². The van der Waals surface area contributed by atoms with Crippen LogP contribution in [0.15, 0.2) is 53.4 Å². The van der Waals surface area contributed by atoms with E-state index in [-0.39, 0.29) is 17.0 Å². The summed E-state index contributed by atoms with van der Waals surface area (Å²) in [7, 11) is -3.33. The number of nitrogens with zero attached hydrogens (tertiary/aromatic N) is 1. The Morgan fingerprint density at radius 3 is 2.48 bits per heavy atom. The summed E-state index contributed by atoms with van der Waals surface area (Å²) in [4.78, 5) is 13.7. The molecule has 33 heavy (non-hydrogen) atoms. The monoisotopic (exact) mass is 482 g/mol. The van der Waals surface area contributed by atoms with E-state index in [4.69, 9.17) is 4.74 Å². The van der Waals surface area contributed by atoms with Gasteiger partial charge in [0.2, 0.25) is 0 Å². The summed E-state index contributed by atoms with van der Waals surface area (Å²) in [5, 5.41) is 2.11. The smallest absolute Gasteiger partial charge is 0.471 e. The number of nitrogens with one attached hydrogen (secondary N) is 1. The molecule has 1 aliphatic heterocycles. The van der Waals surface area contributed by atoms with Crippen LogP contribution in [0.5, 0.6) is 5.75 Å². The zero-order valence-corrected chi connectivity index (χ0v) is 18.8. The number of carbonyl (C=O) groups excluding carboxylic acids is 1. The number of hydrogen-bond donors (Lipinski definition) is 1. The Bertz CT molecular complexity index is 1120. The average molecular weight is 483 g/mol. The Labute approximate surface area is 190 Å². The van der Waals surface area contributed by atoms with E-state index in [1.54, 1.807) is 12.1 Å². The molecule has 0 unspecified atom stereocenters. The maximum absolute atomic E-state index is 12.7. The molecule has 1 amide bonds. The number of sulfone groups is 1. The first kappa shape index (κ1) is 23.6. The number of alkyl halides is 3. The van der Waals surface area contributed by atoms with Crippen molar-refractivity contribution in [1.29, 1.82) is 0 Å². The van der Waals surface area contributed by atoms with Crippen LogP contribution in [0.25, 0.3) is 0 Å². The molecule has 4 rings (SSSR count). The molecule has 0 spiro atoms. The minimum absolute atomic E-state index is 0.123. The zero-order chi connectivity index (χ0) is 23.8. The van der Waals surface area contributed by atoms with Crippen molar-refractivity contribution < 1.29 is 31.1 Å². The highest BCUT2D eigenvalue weighted by Gasteiger charge is 2.43. The number of fused-ring (bicyclic) bond motifs is 1. The number of piperidine rings is 1. The second kappa shape index (κ2) is 8.98. The molecule has 2 aromatic rings. The van der Waals surface area contributed by atoms with Gasteiger partial charge in [-0.3, -0.25) is 9.69 Å². The molecule has 0 saturated carbocycles. The Morgan fingerprint density at radius 1 is 1.12 bits per heavy atom. The molecular weight excluding hydrogens is 457 g/mol. The number of benzene rings is 2. The molecule has 6 nitrogen and oxygen atoms in total. The van der Waals surface area contributed by atoms with E-state index in [2.05, 4.69) is 10.2 Å². The van der Waals surface area contributed by atoms with E-state index in [9.17, 15) is 26.4 Å². The van der Waals surface area contributed by atoms with Crippen molar-refractivity contribution in [3.8, 4) is 5.75 Å². The lowest BCUT2D eigenvalue weighted by Crippen LogP contribution is -2.54. The lowest BCUT2D eigenvalue weighted by atomic mass is 10.0. The molecule has 1 saturated heterocycles. The van der Waals surface area contributed by atoms with Crippen molar-refractivity contribution in [2.45, 2.75) is 48.5 Å². The van der Waals surface area contributed by atoms with Crippen molar-refractivity contribution in [2.24, 2.45) is 0 Å². The van der Waals surface area contributed by atoms with Crippen LogP contribution in [-0.2, 0) is 21.1 Å². The van der Waals surface area contributed by atoms with Crippen LogP contribution >= 0.6 is 0 Å². The summed E-state index contributed by atoms with van der Waals surface area (Å²) in [5.41, 5.74) is 2.10. The second-order valence-corrected chi connectivity index (χ2v) is 10.6. The first-order valence-electron chi connectivity index (χ1n) is 10.7. The fourth-order valence-corrected chi connectivity index (χ4v) is 5.24. The van der Waals surface area contributed by atoms with Gasteiger partial charge in [0, 0.05) is 18.8 Å². The van der Waals surface area contributed by atoms with Gasteiger partial charge in [0.05, 0.1) is 10.9 Å². The minimum atomic E-state index is -4.91. The molecule has 1 fully saturated rings. The second-order valence-electron chi connectivity index (χ2n) is 8.56. The molecule has 0 aromatic heterocycles. The van der Waals surface area contributed by atoms with Gasteiger partial charge in [-0.05, 0) is 61.2 Å². The van der Waals surface area contributed by atoms with Crippen LogP contribution in [0.2, 0.25) is 0 Å². The lowest BCUT2D eigenvalue weighted by Gasteiger charge is -2.39. The standard InChI is InChI=1S/C23H25F3N2O4S/c1-33(30,31)18-10-8-17(9-11-18)32-21-19-7-3-2-5-15(19)13-20(21)28-12-4-6-16(14-28)27-22(29)23(24,25)26/h2-3,5,7-11,16,20-21H,4,6,12-14H2,1H3,(H,27,29)/t16-,20+,21-/m1/s1. The normalized spacial score (nSPS) is 23.7. The Hall–Kier alpha value is -2.59. The molecule has 0 bridgehead atoms. The van der Waals surface area contributed by atoms with E-state index in [1.165, 1.54) is 12.1 Å². The summed E-state index contributed by atoms with van der Waals surface area (Å²) in [6.07, 6.45) is -2.33. The van der Waals surface area contributed by atoms with Crippen molar-refractivity contribution in [2.75, 3.05) is 19.3 Å². The number of amides is 1. The Kier molecular flexibility index (Phi) is 6.41. The van der Waals surface area contributed by atoms with Crippen molar-refractivity contribution in [3.05, 3.63) is 59.7 Å². The molecule has 2 aromatic carbocycles. The topological polar surface area (TPSA) is 75.7 Å². The molecule has 0 radical (unpaired) electrons. The summed E-state index contributed by atoms with van der Waals surface area (Å²) in [6.45, 7) is 0.983. The zero-order valence-electron chi connectivity index (χ0n) is 18.0. The minimum Gasteiger partial charge on any atom is -0.484 e. The maximum Gasteiger partial charge on any atom is 0.471 e. The maximum atomic E-state index is 12.7. The Morgan fingerprint density at radius 2 is 1.82 bits per heavy atom. The predicted molar refractivity (Wildman–Crippen MR) is 116 cm³/mol. The highest BCUT2D eigenvalue weighted by atomic mass is 32.2. The SMILES string of the molecule is CS(=O)(=O)c1ccc(O[C@@H]2c3ccccc3C[C@@H]2N2CCC[C@@H](NC(=O)C(F)(F)F)C2)cc1. The number of halogens is 3. The molecule has 178 valence electrons. The molecule has 1 heterocycles. The van der Waals surface area contributed by atoms with E-state index >= 15 is 0 Å². The lowest BCUT2D eigenvalue weighted by molar-refractivity contribution is -0.174.